The van der Waals surface area contributed by atoms with Crippen molar-refractivity contribution in [1.82, 2.24) is 4.98 Å². The summed E-state index contributed by atoms with van der Waals surface area (Å²) in [6.07, 6.45) is 1.14. The average Bonchev–Trinajstić information content (AvgIpc) is 2.79. The van der Waals surface area contributed by atoms with Gasteiger partial charge in [0.05, 0.1) is 15.2 Å². The number of benzene rings is 2. The molecule has 3 aromatic rings. The van der Waals surface area contributed by atoms with Gasteiger partial charge in [-0.3, -0.25) is 0 Å². The van der Waals surface area contributed by atoms with Crippen LogP contribution in [-0.2, 0) is 6.42 Å². The fourth-order valence-corrected chi connectivity index (χ4v) is 2.79. The molecule has 0 saturated carbocycles. The fraction of sp³-hybridized carbons (Fsp3) is 0.235. The number of fused-ring (bicyclic) bond motifs is 1. The van der Waals surface area contributed by atoms with Gasteiger partial charge in [0.1, 0.15) is 0 Å². The van der Waals surface area contributed by atoms with E-state index in [-0.39, 0.29) is 0 Å². The van der Waals surface area contributed by atoms with E-state index in [4.69, 9.17) is 0 Å². The van der Waals surface area contributed by atoms with Gasteiger partial charge < -0.3 is 0 Å². The summed E-state index contributed by atoms with van der Waals surface area (Å²) in [6.45, 7) is 6.31. The summed E-state index contributed by atoms with van der Waals surface area (Å²) in [5, 5.41) is 1.14. The number of hydrogen-bond acceptors (Lipinski definition) is 2. The normalized spacial score (nSPS) is 10.1. The Bertz CT molecular complexity index is 641. The maximum Gasteiger partial charge on any atom is 0.0907 e. The first-order valence-corrected chi connectivity index (χ1v) is 7.38. The van der Waals surface area contributed by atoms with E-state index in [0.717, 1.165) is 16.9 Å². The van der Waals surface area contributed by atoms with Crippen molar-refractivity contribution in [3.63, 3.8) is 0 Å². The van der Waals surface area contributed by atoms with Crippen LogP contribution in [0.3, 0.4) is 0 Å². The molecule has 0 spiro atoms. The van der Waals surface area contributed by atoms with E-state index in [1.54, 1.807) is 11.3 Å². The monoisotopic (exact) mass is 269 g/mol. The number of thiazole rings is 1. The lowest BCUT2D eigenvalue weighted by Crippen LogP contribution is -1.73. The van der Waals surface area contributed by atoms with E-state index in [0.29, 0.717) is 0 Å². The van der Waals surface area contributed by atoms with Gasteiger partial charge in [-0.25, -0.2) is 4.98 Å². The Morgan fingerprint density at radius 3 is 2.37 bits per heavy atom. The third-order valence-electron chi connectivity index (χ3n) is 2.90. The molecule has 0 bridgehead atoms. The molecular weight excluding hydrogens is 250 g/mol. The minimum atomic E-state index is 1.12. The van der Waals surface area contributed by atoms with E-state index in [9.17, 15) is 0 Å². The molecule has 0 aliphatic heterocycles. The summed E-state index contributed by atoms with van der Waals surface area (Å²) in [7, 11) is 0. The van der Waals surface area contributed by atoms with Crippen molar-refractivity contribution in [3.05, 3.63) is 64.7 Å². The number of rotatable bonds is 1. The van der Waals surface area contributed by atoms with E-state index < -0.39 is 0 Å². The Labute approximate surface area is 118 Å². The number of aromatic nitrogens is 1. The molecule has 3 rings (SSSR count). The third-order valence-corrected chi connectivity index (χ3v) is 3.84. The van der Waals surface area contributed by atoms with Crippen molar-refractivity contribution in [2.45, 2.75) is 27.2 Å². The lowest BCUT2D eigenvalue weighted by Gasteiger charge is -1.89. The highest BCUT2D eigenvalue weighted by Gasteiger charge is 1.98. The van der Waals surface area contributed by atoms with Crippen molar-refractivity contribution in [3.8, 4) is 0 Å². The van der Waals surface area contributed by atoms with Gasteiger partial charge in [0.15, 0.2) is 0 Å². The van der Waals surface area contributed by atoms with E-state index >= 15 is 0 Å². The molecule has 1 heterocycles. The molecule has 19 heavy (non-hydrogen) atoms. The SMILES string of the molecule is CCc1ccccc1.Cc1ccc2nc(C)sc2c1. The van der Waals surface area contributed by atoms with Gasteiger partial charge in [-0.15, -0.1) is 11.3 Å². The molecule has 2 aromatic carbocycles. The van der Waals surface area contributed by atoms with Gasteiger partial charge in [0.25, 0.3) is 0 Å². The molecular formula is C17H19NS. The molecule has 0 saturated heterocycles. The second-order valence-electron chi connectivity index (χ2n) is 4.54. The lowest BCUT2D eigenvalue weighted by molar-refractivity contribution is 1.14. The maximum atomic E-state index is 4.37. The first kappa shape index (κ1) is 13.8. The summed E-state index contributed by atoms with van der Waals surface area (Å²) in [4.78, 5) is 4.37. The average molecular weight is 269 g/mol. The standard InChI is InChI=1S/C9H9NS.C8H10/c1-6-3-4-8-9(5-6)11-7(2)10-8;1-2-8-6-4-3-5-7-8/h3-5H,1-2H3;3-7H,2H2,1H3. The molecule has 0 radical (unpaired) electrons. The zero-order valence-corrected chi connectivity index (χ0v) is 12.5. The third kappa shape index (κ3) is 3.90. The van der Waals surface area contributed by atoms with Crippen LogP contribution in [0.4, 0.5) is 0 Å². The number of aryl methyl sites for hydroxylation is 3. The molecule has 0 unspecified atom stereocenters. The van der Waals surface area contributed by atoms with E-state index in [1.807, 2.05) is 13.0 Å². The lowest BCUT2D eigenvalue weighted by atomic mass is 10.2. The van der Waals surface area contributed by atoms with E-state index in [2.05, 4.69) is 61.3 Å². The van der Waals surface area contributed by atoms with Crippen molar-refractivity contribution in [2.24, 2.45) is 0 Å². The topological polar surface area (TPSA) is 12.9 Å². The van der Waals surface area contributed by atoms with E-state index in [1.165, 1.54) is 15.8 Å². The van der Waals surface area contributed by atoms with Gasteiger partial charge in [-0.05, 0) is 43.5 Å². The number of nitrogens with zero attached hydrogens (tertiary/aromatic N) is 1. The molecule has 0 fully saturated rings. The molecule has 0 amide bonds. The maximum absolute atomic E-state index is 4.37. The number of hydrogen-bond donors (Lipinski definition) is 0. The Morgan fingerprint density at radius 1 is 1.00 bits per heavy atom. The van der Waals surface area contributed by atoms with Crippen LogP contribution >= 0.6 is 11.3 Å². The van der Waals surface area contributed by atoms with Crippen LogP contribution < -0.4 is 0 Å². The summed E-state index contributed by atoms with van der Waals surface area (Å²) in [6, 6.07) is 16.8. The molecule has 1 nitrogen and oxygen atoms in total. The molecule has 2 heteroatoms. The van der Waals surface area contributed by atoms with Crippen molar-refractivity contribution >= 4 is 21.6 Å². The summed E-state index contributed by atoms with van der Waals surface area (Å²) >= 11 is 1.76. The zero-order chi connectivity index (χ0) is 13.7. The fourth-order valence-electron chi connectivity index (χ4n) is 1.86. The predicted molar refractivity (Wildman–Crippen MR) is 84.9 cm³/mol. The molecule has 98 valence electrons. The van der Waals surface area contributed by atoms with Gasteiger partial charge >= 0.3 is 0 Å². The van der Waals surface area contributed by atoms with Gasteiger partial charge in [0.2, 0.25) is 0 Å². The molecule has 0 aliphatic rings. The van der Waals surface area contributed by atoms with Crippen LogP contribution in [0.25, 0.3) is 10.2 Å². The molecule has 0 atom stereocenters. The highest BCUT2D eigenvalue weighted by atomic mass is 32.1. The Hall–Kier alpha value is -1.67. The first-order chi connectivity index (χ1) is 9.19. The van der Waals surface area contributed by atoms with Crippen LogP contribution in [0.15, 0.2) is 48.5 Å². The minimum absolute atomic E-state index is 1.12. The zero-order valence-electron chi connectivity index (χ0n) is 11.7. The minimum Gasteiger partial charge on any atom is -0.242 e. The Balaban J connectivity index is 0.000000148. The molecule has 1 aromatic heterocycles. The quantitative estimate of drug-likeness (QED) is 0.594. The first-order valence-electron chi connectivity index (χ1n) is 6.56. The highest BCUT2D eigenvalue weighted by molar-refractivity contribution is 7.18. The van der Waals surface area contributed by atoms with Crippen LogP contribution in [0.2, 0.25) is 0 Å². The van der Waals surface area contributed by atoms with Crippen molar-refractivity contribution < 1.29 is 0 Å². The molecule has 0 N–H and O–H groups in total. The Morgan fingerprint density at radius 2 is 1.74 bits per heavy atom. The van der Waals surface area contributed by atoms with Crippen LogP contribution in [0.1, 0.15) is 23.1 Å². The van der Waals surface area contributed by atoms with Gasteiger partial charge in [0, 0.05) is 0 Å². The van der Waals surface area contributed by atoms with Gasteiger partial charge in [-0.1, -0.05) is 43.3 Å². The van der Waals surface area contributed by atoms with Crippen molar-refractivity contribution in [2.75, 3.05) is 0 Å². The smallest absolute Gasteiger partial charge is 0.0907 e. The van der Waals surface area contributed by atoms with Crippen LogP contribution in [0, 0.1) is 13.8 Å². The molecule has 0 aliphatic carbocycles. The Kier molecular flexibility index (Phi) is 4.69. The largest absolute Gasteiger partial charge is 0.242 e. The summed E-state index contributed by atoms with van der Waals surface area (Å²) in [5.74, 6) is 0. The van der Waals surface area contributed by atoms with Gasteiger partial charge in [-0.2, -0.15) is 0 Å². The van der Waals surface area contributed by atoms with Crippen LogP contribution in [-0.4, -0.2) is 4.98 Å². The van der Waals surface area contributed by atoms with Crippen LogP contribution in [0.5, 0.6) is 0 Å². The highest BCUT2D eigenvalue weighted by Crippen LogP contribution is 2.21. The summed E-state index contributed by atoms with van der Waals surface area (Å²) < 4.78 is 1.29. The second kappa shape index (κ2) is 6.48. The second-order valence-corrected chi connectivity index (χ2v) is 5.78. The van der Waals surface area contributed by atoms with Crippen molar-refractivity contribution in [1.29, 1.82) is 0 Å². The summed E-state index contributed by atoms with van der Waals surface area (Å²) in [5.41, 5.74) is 3.84. The predicted octanol–water partition coefficient (Wildman–Crippen LogP) is 5.16.